The lowest BCUT2D eigenvalue weighted by Gasteiger charge is -2.25. The van der Waals surface area contributed by atoms with E-state index in [2.05, 4.69) is 0 Å². The average molecular weight is 308 g/mol. The average Bonchev–Trinajstić information content (AvgIpc) is 2.55. The number of hydrogen-bond donors (Lipinski definition) is 1. The Hall–Kier alpha value is -2.64. The van der Waals surface area contributed by atoms with Gasteiger partial charge in [-0.3, -0.25) is 4.79 Å². The van der Waals surface area contributed by atoms with E-state index in [1.165, 1.54) is 4.90 Å². The molecule has 0 saturated heterocycles. The van der Waals surface area contributed by atoms with Gasteiger partial charge in [0, 0.05) is 6.54 Å². The number of nitrogens with zero attached hydrogens (tertiary/aromatic N) is 2. The van der Waals surface area contributed by atoms with E-state index in [0.29, 0.717) is 6.54 Å². The number of aliphatic hydroxyl groups excluding tert-OH is 1. The number of amides is 1. The second-order valence-corrected chi connectivity index (χ2v) is 5.52. The molecule has 2 rings (SSSR count). The van der Waals surface area contributed by atoms with Crippen LogP contribution < -0.4 is 0 Å². The summed E-state index contributed by atoms with van der Waals surface area (Å²) < 4.78 is 0. The van der Waals surface area contributed by atoms with Crippen LogP contribution in [0.2, 0.25) is 0 Å². The number of aryl methyl sites for hydroxylation is 1. The number of aliphatic hydroxyl groups is 1. The van der Waals surface area contributed by atoms with Gasteiger partial charge in [0.1, 0.15) is 6.42 Å². The van der Waals surface area contributed by atoms with E-state index in [9.17, 15) is 9.90 Å². The van der Waals surface area contributed by atoms with Crippen LogP contribution in [0.4, 0.5) is 0 Å². The molecule has 0 radical (unpaired) electrons. The van der Waals surface area contributed by atoms with E-state index < -0.39 is 6.10 Å². The Bertz CT molecular complexity index is 692. The molecule has 4 heteroatoms. The van der Waals surface area contributed by atoms with Crippen molar-refractivity contribution in [1.82, 2.24) is 4.90 Å². The highest BCUT2D eigenvalue weighted by Crippen LogP contribution is 2.17. The molecular formula is C19H20N2O2. The lowest BCUT2D eigenvalue weighted by Crippen LogP contribution is -2.34. The molecular weight excluding hydrogens is 288 g/mol. The summed E-state index contributed by atoms with van der Waals surface area (Å²) in [6.07, 6.45) is -0.964. The van der Waals surface area contributed by atoms with E-state index in [4.69, 9.17) is 5.26 Å². The third-order valence-corrected chi connectivity index (χ3v) is 3.62. The first kappa shape index (κ1) is 16.7. The molecule has 1 amide bonds. The zero-order valence-corrected chi connectivity index (χ0v) is 13.1. The van der Waals surface area contributed by atoms with Crippen molar-refractivity contribution in [3.63, 3.8) is 0 Å². The first-order valence-corrected chi connectivity index (χ1v) is 7.53. The van der Waals surface area contributed by atoms with Gasteiger partial charge in [0.15, 0.2) is 0 Å². The predicted molar refractivity (Wildman–Crippen MR) is 88.2 cm³/mol. The van der Waals surface area contributed by atoms with E-state index in [0.717, 1.165) is 16.7 Å². The van der Waals surface area contributed by atoms with Gasteiger partial charge in [0.05, 0.1) is 18.7 Å². The van der Waals surface area contributed by atoms with Crippen LogP contribution in [0, 0.1) is 18.3 Å². The summed E-state index contributed by atoms with van der Waals surface area (Å²) in [5, 5.41) is 19.2. The van der Waals surface area contributed by atoms with Crippen LogP contribution >= 0.6 is 0 Å². The maximum Gasteiger partial charge on any atom is 0.237 e. The lowest BCUT2D eigenvalue weighted by molar-refractivity contribution is -0.132. The molecule has 1 unspecified atom stereocenters. The highest BCUT2D eigenvalue weighted by Gasteiger charge is 2.19. The van der Waals surface area contributed by atoms with Crippen LogP contribution in [-0.4, -0.2) is 22.5 Å². The number of rotatable bonds is 6. The van der Waals surface area contributed by atoms with Gasteiger partial charge in [-0.1, -0.05) is 60.2 Å². The van der Waals surface area contributed by atoms with Crippen LogP contribution in [0.5, 0.6) is 0 Å². The van der Waals surface area contributed by atoms with Gasteiger partial charge in [-0.05, 0) is 18.1 Å². The lowest BCUT2D eigenvalue weighted by atomic mass is 10.1. The fraction of sp³-hybridized carbons (Fsp3) is 0.263. The number of nitriles is 1. The maximum absolute atomic E-state index is 12.2. The summed E-state index contributed by atoms with van der Waals surface area (Å²) in [5.74, 6) is -0.275. The summed E-state index contributed by atoms with van der Waals surface area (Å²) in [6.45, 7) is 2.50. The van der Waals surface area contributed by atoms with Gasteiger partial charge < -0.3 is 10.0 Å². The predicted octanol–water partition coefficient (Wildman–Crippen LogP) is 2.97. The molecule has 0 aliphatic rings. The fourth-order valence-corrected chi connectivity index (χ4v) is 2.43. The molecule has 0 heterocycles. The third kappa shape index (κ3) is 4.94. The van der Waals surface area contributed by atoms with Gasteiger partial charge in [-0.15, -0.1) is 0 Å². The van der Waals surface area contributed by atoms with Gasteiger partial charge >= 0.3 is 0 Å². The number of hydrogen-bond acceptors (Lipinski definition) is 3. The van der Waals surface area contributed by atoms with E-state index in [1.54, 1.807) is 0 Å². The molecule has 118 valence electrons. The molecule has 0 bridgehead atoms. The topological polar surface area (TPSA) is 64.3 Å². The summed E-state index contributed by atoms with van der Waals surface area (Å²) in [5.41, 5.74) is 2.79. The molecule has 4 nitrogen and oxygen atoms in total. The maximum atomic E-state index is 12.2. The van der Waals surface area contributed by atoms with Crippen molar-refractivity contribution in [1.29, 1.82) is 5.26 Å². The van der Waals surface area contributed by atoms with Gasteiger partial charge in [-0.25, -0.2) is 0 Å². The van der Waals surface area contributed by atoms with E-state index in [-0.39, 0.29) is 18.9 Å². The Morgan fingerprint density at radius 1 is 1.22 bits per heavy atom. The molecule has 1 atom stereocenters. The summed E-state index contributed by atoms with van der Waals surface area (Å²) in [6, 6.07) is 19.0. The second kappa shape index (κ2) is 8.11. The molecule has 23 heavy (non-hydrogen) atoms. The molecule has 0 spiro atoms. The molecule has 0 aromatic heterocycles. The Labute approximate surface area is 136 Å². The highest BCUT2D eigenvalue weighted by molar-refractivity contribution is 5.78. The van der Waals surface area contributed by atoms with Crippen LogP contribution in [0.1, 0.15) is 29.2 Å². The molecule has 2 aromatic rings. The molecule has 0 aliphatic heterocycles. The van der Waals surface area contributed by atoms with Crippen LogP contribution in [0.15, 0.2) is 54.6 Å². The first-order valence-electron chi connectivity index (χ1n) is 7.53. The molecule has 0 aliphatic carbocycles. The number of carbonyl (C=O) groups excluding carboxylic acids is 1. The van der Waals surface area contributed by atoms with Crippen molar-refractivity contribution in [3.8, 4) is 6.07 Å². The smallest absolute Gasteiger partial charge is 0.237 e. The Morgan fingerprint density at radius 3 is 2.61 bits per heavy atom. The molecule has 0 fully saturated rings. The molecule has 1 N–H and O–H groups in total. The van der Waals surface area contributed by atoms with Gasteiger partial charge in [-0.2, -0.15) is 5.26 Å². The zero-order chi connectivity index (χ0) is 16.7. The monoisotopic (exact) mass is 308 g/mol. The molecule has 2 aromatic carbocycles. The quantitative estimate of drug-likeness (QED) is 0.892. The third-order valence-electron chi connectivity index (χ3n) is 3.62. The number of benzene rings is 2. The standard InChI is InChI=1S/C19H20N2O2/c1-15-6-5-9-17(12-15)18(22)14-21(19(23)10-11-20)13-16-7-3-2-4-8-16/h2-9,12,18,22H,10,13-14H2,1H3. The SMILES string of the molecule is Cc1cccc(C(O)CN(Cc2ccccc2)C(=O)CC#N)c1. The van der Waals surface area contributed by atoms with Gasteiger partial charge in [0.25, 0.3) is 0 Å². The van der Waals surface area contributed by atoms with Crippen LogP contribution in [0.25, 0.3) is 0 Å². The number of carbonyl (C=O) groups is 1. The van der Waals surface area contributed by atoms with Crippen LogP contribution in [-0.2, 0) is 11.3 Å². The molecule has 0 saturated carbocycles. The van der Waals surface area contributed by atoms with Crippen LogP contribution in [0.3, 0.4) is 0 Å². The summed E-state index contributed by atoms with van der Waals surface area (Å²) >= 11 is 0. The Kier molecular flexibility index (Phi) is 5.90. The van der Waals surface area contributed by atoms with Crippen molar-refractivity contribution in [3.05, 3.63) is 71.3 Å². The van der Waals surface area contributed by atoms with Crippen molar-refractivity contribution in [2.75, 3.05) is 6.54 Å². The van der Waals surface area contributed by atoms with Crippen molar-refractivity contribution in [2.24, 2.45) is 0 Å². The summed E-state index contributed by atoms with van der Waals surface area (Å²) in [7, 11) is 0. The summed E-state index contributed by atoms with van der Waals surface area (Å²) in [4.78, 5) is 13.7. The zero-order valence-electron chi connectivity index (χ0n) is 13.1. The minimum Gasteiger partial charge on any atom is -0.387 e. The Morgan fingerprint density at radius 2 is 1.96 bits per heavy atom. The minimum atomic E-state index is -0.777. The Balaban J connectivity index is 2.14. The largest absolute Gasteiger partial charge is 0.387 e. The fourth-order valence-electron chi connectivity index (χ4n) is 2.43. The minimum absolute atomic E-state index is 0.166. The highest BCUT2D eigenvalue weighted by atomic mass is 16.3. The second-order valence-electron chi connectivity index (χ2n) is 5.52. The van der Waals surface area contributed by atoms with E-state index in [1.807, 2.05) is 67.6 Å². The van der Waals surface area contributed by atoms with Crippen molar-refractivity contribution in [2.45, 2.75) is 26.0 Å². The normalized spacial score (nSPS) is 11.5. The van der Waals surface area contributed by atoms with Gasteiger partial charge in [0.2, 0.25) is 5.91 Å². The van der Waals surface area contributed by atoms with Crippen molar-refractivity contribution >= 4 is 5.91 Å². The van der Waals surface area contributed by atoms with E-state index >= 15 is 0 Å². The van der Waals surface area contributed by atoms with Crippen molar-refractivity contribution < 1.29 is 9.90 Å². The first-order chi connectivity index (χ1) is 11.1.